The molecule has 2 aromatic rings. The zero-order valence-corrected chi connectivity index (χ0v) is 10.8. The lowest BCUT2D eigenvalue weighted by atomic mass is 10.1. The van der Waals surface area contributed by atoms with Crippen molar-refractivity contribution in [2.24, 2.45) is 0 Å². The summed E-state index contributed by atoms with van der Waals surface area (Å²) < 4.78 is 1.82. The van der Waals surface area contributed by atoms with E-state index in [1.54, 1.807) is 31.3 Å². The molecule has 0 aliphatic rings. The molecular weight excluding hydrogens is 242 g/mol. The van der Waals surface area contributed by atoms with Crippen LogP contribution >= 0.6 is 0 Å². The number of aromatic nitrogens is 2. The number of carbonyl (C=O) groups is 1. The quantitative estimate of drug-likeness (QED) is 0.803. The van der Waals surface area contributed by atoms with Crippen LogP contribution in [0.25, 0.3) is 0 Å². The highest BCUT2D eigenvalue weighted by Gasteiger charge is 2.11. The predicted octanol–water partition coefficient (Wildman–Crippen LogP) is 1.72. The lowest BCUT2D eigenvalue weighted by Gasteiger charge is -2.08. The third kappa shape index (κ3) is 3.34. The van der Waals surface area contributed by atoms with E-state index in [0.29, 0.717) is 17.7 Å². The maximum absolute atomic E-state index is 11.9. The maximum atomic E-state index is 11.9. The summed E-state index contributed by atoms with van der Waals surface area (Å²) in [5.41, 5.74) is 1.02. The van der Waals surface area contributed by atoms with Gasteiger partial charge in [0.25, 0.3) is 5.91 Å². The Balaban J connectivity index is 1.83. The molecule has 0 spiro atoms. The lowest BCUT2D eigenvalue weighted by Crippen LogP contribution is -2.25. The molecule has 0 fully saturated rings. The van der Waals surface area contributed by atoms with Gasteiger partial charge in [0.1, 0.15) is 5.75 Å². The fourth-order valence-corrected chi connectivity index (χ4v) is 1.81. The van der Waals surface area contributed by atoms with Gasteiger partial charge in [-0.1, -0.05) is 12.1 Å². The molecule has 0 bridgehead atoms. The maximum Gasteiger partial charge on any atom is 0.255 e. The molecule has 0 saturated carbocycles. The summed E-state index contributed by atoms with van der Waals surface area (Å²) in [4.78, 5) is 11.9. The number of amides is 1. The van der Waals surface area contributed by atoms with Crippen LogP contribution in [0.4, 0.5) is 0 Å². The monoisotopic (exact) mass is 259 g/mol. The highest BCUT2D eigenvalue weighted by molar-refractivity contribution is 5.97. The Labute approximate surface area is 111 Å². The second-order valence-corrected chi connectivity index (χ2v) is 4.35. The van der Waals surface area contributed by atoms with Crippen LogP contribution in [0, 0.1) is 6.92 Å². The van der Waals surface area contributed by atoms with Crippen molar-refractivity contribution in [1.29, 1.82) is 0 Å². The van der Waals surface area contributed by atoms with Crippen molar-refractivity contribution in [3.63, 3.8) is 0 Å². The van der Waals surface area contributed by atoms with Gasteiger partial charge in [-0.3, -0.25) is 9.48 Å². The summed E-state index contributed by atoms with van der Waals surface area (Å²) in [7, 11) is 0. The van der Waals surface area contributed by atoms with E-state index in [0.717, 1.165) is 13.0 Å². The number of phenolic OH excluding ortho intramolecular Hbond substituents is 1. The number of nitrogens with zero attached hydrogens (tertiary/aromatic N) is 2. The molecule has 2 rings (SSSR count). The molecule has 100 valence electrons. The molecule has 0 unspecified atom stereocenters. The van der Waals surface area contributed by atoms with Gasteiger partial charge in [-0.15, -0.1) is 0 Å². The van der Waals surface area contributed by atoms with Crippen LogP contribution in [-0.4, -0.2) is 27.3 Å². The van der Waals surface area contributed by atoms with Gasteiger partial charge in [0.05, 0.1) is 5.56 Å². The van der Waals surface area contributed by atoms with Gasteiger partial charge in [-0.2, -0.15) is 5.10 Å². The van der Waals surface area contributed by atoms with Crippen LogP contribution in [0.5, 0.6) is 5.75 Å². The first-order chi connectivity index (χ1) is 9.18. The van der Waals surface area contributed by atoms with Gasteiger partial charge in [0.15, 0.2) is 0 Å². The normalized spacial score (nSPS) is 10.4. The zero-order chi connectivity index (χ0) is 13.7. The van der Waals surface area contributed by atoms with Gasteiger partial charge in [0, 0.05) is 25.5 Å². The number of hydrogen-bond donors (Lipinski definition) is 2. The Bertz CT molecular complexity index is 550. The third-order valence-corrected chi connectivity index (χ3v) is 2.89. The molecule has 1 aromatic heterocycles. The van der Waals surface area contributed by atoms with Crippen LogP contribution < -0.4 is 5.32 Å². The van der Waals surface area contributed by atoms with Crippen molar-refractivity contribution in [2.75, 3.05) is 6.54 Å². The van der Waals surface area contributed by atoms with Gasteiger partial charge in [-0.05, 0) is 31.0 Å². The summed E-state index contributed by atoms with van der Waals surface area (Å²) in [6, 6.07) is 7.01. The minimum Gasteiger partial charge on any atom is -0.507 e. The molecule has 0 radical (unpaired) electrons. The van der Waals surface area contributed by atoms with E-state index in [1.165, 1.54) is 0 Å². The lowest BCUT2D eigenvalue weighted by molar-refractivity contribution is 0.0950. The summed E-state index contributed by atoms with van der Waals surface area (Å²) in [6.07, 6.45) is 4.40. The van der Waals surface area contributed by atoms with Crippen molar-refractivity contribution >= 4 is 5.91 Å². The molecule has 0 saturated heterocycles. The standard InChI is InChI=1S/C14H17N3O2/c1-11-5-2-6-12(13(11)18)14(19)15-7-3-9-17-10-4-8-16-17/h2,4-6,8,10,18H,3,7,9H2,1H3,(H,15,19). The average molecular weight is 259 g/mol. The highest BCUT2D eigenvalue weighted by Crippen LogP contribution is 2.20. The first kappa shape index (κ1) is 13.1. The molecule has 0 aliphatic carbocycles. The van der Waals surface area contributed by atoms with E-state index >= 15 is 0 Å². The van der Waals surface area contributed by atoms with Crippen LogP contribution in [0.15, 0.2) is 36.7 Å². The smallest absolute Gasteiger partial charge is 0.255 e. The Morgan fingerprint density at radius 2 is 2.26 bits per heavy atom. The Hall–Kier alpha value is -2.30. The number of rotatable bonds is 5. The van der Waals surface area contributed by atoms with Crippen LogP contribution in [-0.2, 0) is 6.54 Å². The van der Waals surface area contributed by atoms with E-state index in [-0.39, 0.29) is 11.7 Å². The molecule has 1 aromatic carbocycles. The van der Waals surface area contributed by atoms with E-state index in [9.17, 15) is 9.90 Å². The first-order valence-corrected chi connectivity index (χ1v) is 6.22. The summed E-state index contributed by atoms with van der Waals surface area (Å²) in [5, 5.41) is 16.7. The molecule has 5 heteroatoms. The topological polar surface area (TPSA) is 67.2 Å². The predicted molar refractivity (Wildman–Crippen MR) is 72.0 cm³/mol. The number of hydrogen-bond acceptors (Lipinski definition) is 3. The van der Waals surface area contributed by atoms with Crippen LogP contribution in [0.1, 0.15) is 22.3 Å². The Kier molecular flexibility index (Phi) is 4.18. The van der Waals surface area contributed by atoms with Crippen molar-refractivity contribution in [3.8, 4) is 5.75 Å². The largest absolute Gasteiger partial charge is 0.507 e. The molecule has 19 heavy (non-hydrogen) atoms. The SMILES string of the molecule is Cc1cccc(C(=O)NCCCn2cccn2)c1O. The second-order valence-electron chi connectivity index (χ2n) is 4.35. The fourth-order valence-electron chi connectivity index (χ4n) is 1.81. The van der Waals surface area contributed by atoms with Crippen molar-refractivity contribution in [2.45, 2.75) is 19.9 Å². The summed E-state index contributed by atoms with van der Waals surface area (Å²) in [5.74, 6) is -0.200. The van der Waals surface area contributed by atoms with Crippen LogP contribution in [0.3, 0.4) is 0 Å². The Morgan fingerprint density at radius 3 is 3.00 bits per heavy atom. The molecule has 0 aliphatic heterocycles. The summed E-state index contributed by atoms with van der Waals surface area (Å²) in [6.45, 7) is 3.07. The molecule has 5 nitrogen and oxygen atoms in total. The number of aromatic hydroxyl groups is 1. The fraction of sp³-hybridized carbons (Fsp3) is 0.286. The average Bonchev–Trinajstić information content (AvgIpc) is 2.91. The van der Waals surface area contributed by atoms with Gasteiger partial charge in [-0.25, -0.2) is 0 Å². The van der Waals surface area contributed by atoms with Crippen molar-refractivity contribution < 1.29 is 9.90 Å². The zero-order valence-electron chi connectivity index (χ0n) is 10.8. The Morgan fingerprint density at radius 1 is 1.42 bits per heavy atom. The molecule has 1 heterocycles. The minimum atomic E-state index is -0.248. The van der Waals surface area contributed by atoms with E-state index in [2.05, 4.69) is 10.4 Å². The van der Waals surface area contributed by atoms with Crippen LogP contribution in [0.2, 0.25) is 0 Å². The number of carbonyl (C=O) groups excluding carboxylic acids is 1. The number of benzene rings is 1. The van der Waals surface area contributed by atoms with E-state index in [1.807, 2.05) is 16.9 Å². The minimum absolute atomic E-state index is 0.0482. The molecule has 2 N–H and O–H groups in total. The highest BCUT2D eigenvalue weighted by atomic mass is 16.3. The van der Waals surface area contributed by atoms with Crippen molar-refractivity contribution in [1.82, 2.24) is 15.1 Å². The number of aryl methyl sites for hydroxylation is 2. The molecular formula is C14H17N3O2. The molecule has 1 amide bonds. The second kappa shape index (κ2) is 6.04. The number of phenols is 1. The third-order valence-electron chi connectivity index (χ3n) is 2.89. The first-order valence-electron chi connectivity index (χ1n) is 6.22. The molecule has 0 atom stereocenters. The van der Waals surface area contributed by atoms with Gasteiger partial charge >= 0.3 is 0 Å². The number of para-hydroxylation sites is 1. The number of nitrogens with one attached hydrogen (secondary N) is 1. The summed E-state index contributed by atoms with van der Waals surface area (Å²) >= 11 is 0. The van der Waals surface area contributed by atoms with E-state index in [4.69, 9.17) is 0 Å². The van der Waals surface area contributed by atoms with Gasteiger partial charge in [0.2, 0.25) is 0 Å². The van der Waals surface area contributed by atoms with E-state index < -0.39 is 0 Å². The van der Waals surface area contributed by atoms with Crippen molar-refractivity contribution in [3.05, 3.63) is 47.8 Å². The van der Waals surface area contributed by atoms with Gasteiger partial charge < -0.3 is 10.4 Å².